The van der Waals surface area contributed by atoms with E-state index < -0.39 is 0 Å². The second-order valence-corrected chi connectivity index (χ2v) is 4.98. The van der Waals surface area contributed by atoms with Crippen LogP contribution in [0.15, 0.2) is 48.5 Å². The molecular weight excluding hydrogens is 260 g/mol. The molecule has 0 fully saturated rings. The molecule has 4 heteroatoms. The third-order valence-corrected chi connectivity index (χ3v) is 3.53. The van der Waals surface area contributed by atoms with E-state index in [1.54, 1.807) is 0 Å². The van der Waals surface area contributed by atoms with Crippen LogP contribution in [0.5, 0.6) is 0 Å². The van der Waals surface area contributed by atoms with Crippen LogP contribution in [0, 0.1) is 11.3 Å². The van der Waals surface area contributed by atoms with Crippen LogP contribution in [0.1, 0.15) is 6.42 Å². The van der Waals surface area contributed by atoms with Crippen LogP contribution >= 0.6 is 0 Å². The van der Waals surface area contributed by atoms with E-state index in [1.807, 2.05) is 31.3 Å². The highest BCUT2D eigenvalue weighted by Gasteiger charge is 2.06. The van der Waals surface area contributed by atoms with Crippen molar-refractivity contribution in [1.82, 2.24) is 9.97 Å². The van der Waals surface area contributed by atoms with Gasteiger partial charge in [-0.3, -0.25) is 0 Å². The Morgan fingerprint density at radius 3 is 2.62 bits per heavy atom. The van der Waals surface area contributed by atoms with Gasteiger partial charge in [-0.05, 0) is 36.4 Å². The summed E-state index contributed by atoms with van der Waals surface area (Å²) in [6.07, 6.45) is 0.530. The molecule has 0 radical (unpaired) electrons. The number of imidazole rings is 1. The highest BCUT2D eigenvalue weighted by Crippen LogP contribution is 2.23. The summed E-state index contributed by atoms with van der Waals surface area (Å²) in [5.74, 6) is 0.877. The molecule has 0 spiro atoms. The molecule has 104 valence electrons. The Morgan fingerprint density at radius 1 is 1.14 bits per heavy atom. The van der Waals surface area contributed by atoms with Crippen molar-refractivity contribution in [2.75, 3.05) is 18.5 Å². The zero-order valence-corrected chi connectivity index (χ0v) is 11.9. The maximum atomic E-state index is 8.63. The van der Waals surface area contributed by atoms with E-state index in [0.29, 0.717) is 6.42 Å². The Labute approximate surface area is 123 Å². The molecule has 21 heavy (non-hydrogen) atoms. The molecule has 0 saturated carbocycles. The van der Waals surface area contributed by atoms with Crippen molar-refractivity contribution in [2.45, 2.75) is 6.42 Å². The van der Waals surface area contributed by atoms with Gasteiger partial charge in [-0.25, -0.2) is 4.98 Å². The molecule has 3 rings (SSSR count). The quantitative estimate of drug-likeness (QED) is 0.792. The number of benzene rings is 2. The molecule has 0 aliphatic rings. The molecule has 0 atom stereocenters. The largest absolute Gasteiger partial charge is 0.374 e. The third-order valence-electron chi connectivity index (χ3n) is 3.53. The van der Waals surface area contributed by atoms with Gasteiger partial charge in [-0.15, -0.1) is 0 Å². The lowest BCUT2D eigenvalue weighted by molar-refractivity contribution is 0.905. The summed E-state index contributed by atoms with van der Waals surface area (Å²) in [5, 5.41) is 8.63. The summed E-state index contributed by atoms with van der Waals surface area (Å²) in [4.78, 5) is 10.00. The fourth-order valence-corrected chi connectivity index (χ4v) is 2.31. The summed E-state index contributed by atoms with van der Waals surface area (Å²) in [5.41, 5.74) is 4.18. The average molecular weight is 276 g/mol. The zero-order valence-electron chi connectivity index (χ0n) is 11.9. The normalized spacial score (nSPS) is 10.5. The summed E-state index contributed by atoms with van der Waals surface area (Å²) >= 11 is 0. The van der Waals surface area contributed by atoms with Gasteiger partial charge in [0.15, 0.2) is 0 Å². The Balaban J connectivity index is 1.85. The number of aromatic nitrogens is 2. The standard InChI is InChI=1S/C17H16N4/c1-21(12-4-11-18)14-9-7-13(8-10-14)17-19-15-5-2-3-6-16(15)20-17/h2-3,5-10H,4,12H2,1H3,(H,19,20). The van der Waals surface area contributed by atoms with Crippen molar-refractivity contribution in [3.8, 4) is 17.5 Å². The second kappa shape index (κ2) is 5.68. The van der Waals surface area contributed by atoms with Crippen LogP contribution < -0.4 is 4.90 Å². The summed E-state index contributed by atoms with van der Waals surface area (Å²) in [6, 6.07) is 18.4. The van der Waals surface area contributed by atoms with Crippen molar-refractivity contribution in [3.05, 3.63) is 48.5 Å². The van der Waals surface area contributed by atoms with E-state index in [4.69, 9.17) is 5.26 Å². The molecule has 1 N–H and O–H groups in total. The predicted molar refractivity (Wildman–Crippen MR) is 85.0 cm³/mol. The van der Waals surface area contributed by atoms with E-state index in [-0.39, 0.29) is 0 Å². The first kappa shape index (κ1) is 13.2. The van der Waals surface area contributed by atoms with Crippen molar-refractivity contribution in [1.29, 1.82) is 5.26 Å². The minimum absolute atomic E-state index is 0.530. The van der Waals surface area contributed by atoms with Gasteiger partial charge in [0, 0.05) is 24.8 Å². The molecule has 3 aromatic rings. The summed E-state index contributed by atoms with van der Waals surface area (Å²) in [7, 11) is 1.99. The highest BCUT2D eigenvalue weighted by atomic mass is 15.1. The number of para-hydroxylation sites is 2. The lowest BCUT2D eigenvalue weighted by Gasteiger charge is -2.17. The Morgan fingerprint density at radius 2 is 1.90 bits per heavy atom. The number of aromatic amines is 1. The van der Waals surface area contributed by atoms with Gasteiger partial charge in [-0.1, -0.05) is 12.1 Å². The first-order valence-electron chi connectivity index (χ1n) is 6.91. The molecule has 1 heterocycles. The predicted octanol–water partition coefficient (Wildman–Crippen LogP) is 3.58. The number of rotatable bonds is 4. The van der Waals surface area contributed by atoms with E-state index in [0.717, 1.165) is 34.7 Å². The first-order chi connectivity index (χ1) is 10.3. The molecule has 0 unspecified atom stereocenters. The molecule has 0 bridgehead atoms. The van der Waals surface area contributed by atoms with Crippen LogP contribution in [0.4, 0.5) is 5.69 Å². The molecule has 0 aliphatic carbocycles. The lowest BCUT2D eigenvalue weighted by Crippen LogP contribution is -2.17. The summed E-state index contributed by atoms with van der Waals surface area (Å²) in [6.45, 7) is 0.737. The molecule has 2 aromatic carbocycles. The summed E-state index contributed by atoms with van der Waals surface area (Å²) < 4.78 is 0. The molecule has 0 amide bonds. The first-order valence-corrected chi connectivity index (χ1v) is 6.91. The van der Waals surface area contributed by atoms with Gasteiger partial charge in [0.25, 0.3) is 0 Å². The fraction of sp³-hybridized carbons (Fsp3) is 0.176. The third kappa shape index (κ3) is 2.72. The minimum Gasteiger partial charge on any atom is -0.374 e. The van der Waals surface area contributed by atoms with E-state index in [9.17, 15) is 0 Å². The topological polar surface area (TPSA) is 55.7 Å². The smallest absolute Gasteiger partial charge is 0.138 e. The fourth-order valence-electron chi connectivity index (χ4n) is 2.31. The van der Waals surface area contributed by atoms with Gasteiger partial charge in [0.2, 0.25) is 0 Å². The van der Waals surface area contributed by atoms with Gasteiger partial charge in [0.1, 0.15) is 5.82 Å². The number of nitriles is 1. The maximum Gasteiger partial charge on any atom is 0.138 e. The Kier molecular flexibility index (Phi) is 3.57. The minimum atomic E-state index is 0.530. The second-order valence-electron chi connectivity index (χ2n) is 4.98. The van der Waals surface area contributed by atoms with Gasteiger partial charge < -0.3 is 9.88 Å². The Bertz CT molecular complexity index is 747. The number of hydrogen-bond acceptors (Lipinski definition) is 3. The van der Waals surface area contributed by atoms with E-state index in [2.05, 4.69) is 45.2 Å². The van der Waals surface area contributed by atoms with E-state index in [1.165, 1.54) is 0 Å². The maximum absolute atomic E-state index is 8.63. The molecule has 0 saturated heterocycles. The van der Waals surface area contributed by atoms with Crippen LogP contribution in [-0.4, -0.2) is 23.6 Å². The van der Waals surface area contributed by atoms with Crippen molar-refractivity contribution < 1.29 is 0 Å². The molecular formula is C17H16N4. The number of H-pyrrole nitrogens is 1. The van der Waals surface area contributed by atoms with Crippen molar-refractivity contribution in [2.24, 2.45) is 0 Å². The lowest BCUT2D eigenvalue weighted by atomic mass is 10.2. The zero-order chi connectivity index (χ0) is 14.7. The highest BCUT2D eigenvalue weighted by molar-refractivity contribution is 5.79. The Hall–Kier alpha value is -2.80. The van der Waals surface area contributed by atoms with Crippen LogP contribution in [-0.2, 0) is 0 Å². The molecule has 4 nitrogen and oxygen atoms in total. The number of fused-ring (bicyclic) bond motifs is 1. The van der Waals surface area contributed by atoms with Crippen molar-refractivity contribution in [3.63, 3.8) is 0 Å². The van der Waals surface area contributed by atoms with E-state index >= 15 is 0 Å². The van der Waals surface area contributed by atoms with Gasteiger partial charge >= 0.3 is 0 Å². The number of anilines is 1. The van der Waals surface area contributed by atoms with Gasteiger partial charge in [-0.2, -0.15) is 5.26 Å². The van der Waals surface area contributed by atoms with Crippen LogP contribution in [0.25, 0.3) is 22.4 Å². The SMILES string of the molecule is CN(CCC#N)c1ccc(-c2nc3ccccc3[nH]2)cc1. The monoisotopic (exact) mass is 276 g/mol. The van der Waals surface area contributed by atoms with Crippen LogP contribution in [0.2, 0.25) is 0 Å². The van der Waals surface area contributed by atoms with Crippen LogP contribution in [0.3, 0.4) is 0 Å². The van der Waals surface area contributed by atoms with Gasteiger partial charge in [0.05, 0.1) is 23.5 Å². The average Bonchev–Trinajstić information content (AvgIpc) is 2.96. The number of nitrogens with zero attached hydrogens (tertiary/aromatic N) is 3. The number of nitrogens with one attached hydrogen (secondary N) is 1. The van der Waals surface area contributed by atoms with Crippen molar-refractivity contribution >= 4 is 16.7 Å². The number of hydrogen-bond donors (Lipinski definition) is 1. The molecule has 0 aliphatic heterocycles. The molecule has 1 aromatic heterocycles.